The number of ether oxygens (including phenoxy) is 5. The fourth-order valence-electron chi connectivity index (χ4n) is 5.18. The highest BCUT2D eigenvalue weighted by molar-refractivity contribution is 7.22. The van der Waals surface area contributed by atoms with Crippen LogP contribution in [-0.4, -0.2) is 54.8 Å². The van der Waals surface area contributed by atoms with E-state index in [1.54, 1.807) is 36.4 Å². The molecule has 0 saturated carbocycles. The van der Waals surface area contributed by atoms with Crippen LogP contribution in [0.2, 0.25) is 0 Å². The number of anilines is 1. The van der Waals surface area contributed by atoms with Crippen molar-refractivity contribution in [2.24, 2.45) is 0 Å². The van der Waals surface area contributed by atoms with E-state index < -0.39 is 17.7 Å². The molecule has 222 valence electrons. The first kappa shape index (κ1) is 28.4. The lowest BCUT2D eigenvalue weighted by Gasteiger charge is -2.24. The molecule has 1 atom stereocenters. The number of carbonyl (C=O) groups excluding carboxylic acids is 2. The van der Waals surface area contributed by atoms with Crippen LogP contribution in [0, 0.1) is 0 Å². The Kier molecular flexibility index (Phi) is 7.81. The van der Waals surface area contributed by atoms with E-state index in [9.17, 15) is 14.7 Å². The number of rotatable bonds is 9. The maximum absolute atomic E-state index is 13.8. The number of aliphatic hydroxyl groups is 1. The number of fused-ring (bicyclic) bond motifs is 2. The van der Waals surface area contributed by atoms with Crippen LogP contribution in [0.5, 0.6) is 28.7 Å². The van der Waals surface area contributed by atoms with Crippen LogP contribution in [0.15, 0.2) is 60.2 Å². The van der Waals surface area contributed by atoms with Gasteiger partial charge >= 0.3 is 5.91 Å². The van der Waals surface area contributed by atoms with E-state index in [1.807, 2.05) is 39.0 Å². The summed E-state index contributed by atoms with van der Waals surface area (Å²) in [5, 5.41) is 12.0. The molecule has 11 heteroatoms. The number of ketones is 1. The Balaban J connectivity index is 1.53. The number of nitrogens with zero attached hydrogens (tertiary/aromatic N) is 2. The fourth-order valence-corrected chi connectivity index (χ4v) is 6.20. The molecule has 0 spiro atoms. The van der Waals surface area contributed by atoms with E-state index >= 15 is 0 Å². The summed E-state index contributed by atoms with van der Waals surface area (Å²) in [6.07, 6.45) is 0. The van der Waals surface area contributed by atoms with E-state index in [4.69, 9.17) is 28.7 Å². The predicted molar refractivity (Wildman–Crippen MR) is 162 cm³/mol. The summed E-state index contributed by atoms with van der Waals surface area (Å²) in [6.45, 7) is 7.71. The van der Waals surface area contributed by atoms with Gasteiger partial charge in [0.05, 0.1) is 41.7 Å². The number of hydrogen-bond donors (Lipinski definition) is 1. The molecule has 0 bridgehead atoms. The molecule has 0 aliphatic carbocycles. The lowest BCUT2D eigenvalue weighted by Crippen LogP contribution is -2.29. The minimum atomic E-state index is -1.00. The molecular weight excluding hydrogens is 572 g/mol. The van der Waals surface area contributed by atoms with E-state index in [1.165, 1.54) is 16.2 Å². The van der Waals surface area contributed by atoms with Gasteiger partial charge < -0.3 is 28.8 Å². The van der Waals surface area contributed by atoms with Crippen molar-refractivity contribution in [2.45, 2.75) is 26.8 Å². The van der Waals surface area contributed by atoms with Crippen LogP contribution < -0.4 is 28.6 Å². The van der Waals surface area contributed by atoms with Crippen LogP contribution in [0.1, 0.15) is 37.9 Å². The van der Waals surface area contributed by atoms with Crippen molar-refractivity contribution in [1.29, 1.82) is 0 Å². The van der Waals surface area contributed by atoms with Crippen LogP contribution in [0.25, 0.3) is 16.0 Å². The van der Waals surface area contributed by atoms with Gasteiger partial charge in [0.15, 0.2) is 28.1 Å². The number of benzene rings is 3. The summed E-state index contributed by atoms with van der Waals surface area (Å²) in [6, 6.07) is 14.6. The topological polar surface area (TPSA) is 117 Å². The van der Waals surface area contributed by atoms with E-state index in [-0.39, 0.29) is 11.3 Å². The molecule has 0 radical (unpaired) electrons. The van der Waals surface area contributed by atoms with Crippen LogP contribution >= 0.6 is 11.3 Å². The number of aliphatic hydroxyl groups excluding tert-OH is 1. The van der Waals surface area contributed by atoms with E-state index in [2.05, 4.69) is 0 Å². The number of Topliss-reactive ketones (excluding diaryl/α,β-unsaturated/α-hetero) is 1. The zero-order valence-electron chi connectivity index (χ0n) is 23.9. The molecule has 1 aromatic heterocycles. The molecule has 3 heterocycles. The molecule has 10 nitrogen and oxygen atoms in total. The Morgan fingerprint density at radius 1 is 0.907 bits per heavy atom. The SMILES string of the molecule is CCOc1ccc2nc(N3C(=O)C(=O)C(=C(O)c4ccc5c(c4)OCCO5)[C@H]3c3ccc(OCC)c(OCC)c3)sc2c1. The highest BCUT2D eigenvalue weighted by Crippen LogP contribution is 2.46. The van der Waals surface area contributed by atoms with Crippen molar-refractivity contribution in [3.63, 3.8) is 0 Å². The Hall–Kier alpha value is -4.77. The van der Waals surface area contributed by atoms with Crippen molar-refractivity contribution in [3.05, 3.63) is 71.3 Å². The average molecular weight is 603 g/mol. The first-order valence-corrected chi connectivity index (χ1v) is 14.9. The van der Waals surface area contributed by atoms with Crippen molar-refractivity contribution in [2.75, 3.05) is 37.9 Å². The Labute approximate surface area is 252 Å². The van der Waals surface area contributed by atoms with Crippen molar-refractivity contribution >= 4 is 44.1 Å². The molecule has 2 aliphatic heterocycles. The van der Waals surface area contributed by atoms with Gasteiger partial charge in [0, 0.05) is 5.56 Å². The molecule has 3 aromatic carbocycles. The maximum Gasteiger partial charge on any atom is 0.301 e. The molecular formula is C32H30N2O8S. The quantitative estimate of drug-likeness (QED) is 0.142. The zero-order valence-corrected chi connectivity index (χ0v) is 24.7. The molecule has 2 aliphatic rings. The Bertz CT molecular complexity index is 1750. The van der Waals surface area contributed by atoms with Gasteiger partial charge in [0.1, 0.15) is 24.7 Å². The number of hydrogen-bond acceptors (Lipinski definition) is 10. The highest BCUT2D eigenvalue weighted by atomic mass is 32.1. The van der Waals surface area contributed by atoms with Gasteiger partial charge in [0.25, 0.3) is 5.78 Å². The minimum absolute atomic E-state index is 0.0810. The van der Waals surface area contributed by atoms with E-state index in [0.29, 0.717) is 83.6 Å². The number of amides is 1. The smallest absolute Gasteiger partial charge is 0.301 e. The summed E-state index contributed by atoms with van der Waals surface area (Å²) in [4.78, 5) is 33.6. The molecule has 0 unspecified atom stereocenters. The second-order valence-corrected chi connectivity index (χ2v) is 10.7. The van der Waals surface area contributed by atoms with Crippen LogP contribution in [0.4, 0.5) is 5.13 Å². The molecule has 1 N–H and O–H groups in total. The van der Waals surface area contributed by atoms with Crippen molar-refractivity contribution in [3.8, 4) is 28.7 Å². The van der Waals surface area contributed by atoms with Crippen LogP contribution in [-0.2, 0) is 9.59 Å². The van der Waals surface area contributed by atoms with Gasteiger partial charge in [-0.15, -0.1) is 0 Å². The molecule has 6 rings (SSSR count). The second-order valence-electron chi connectivity index (χ2n) is 9.66. The zero-order chi connectivity index (χ0) is 30.1. The minimum Gasteiger partial charge on any atom is -0.507 e. The molecule has 43 heavy (non-hydrogen) atoms. The second kappa shape index (κ2) is 11.8. The monoisotopic (exact) mass is 602 g/mol. The predicted octanol–water partition coefficient (Wildman–Crippen LogP) is 5.89. The van der Waals surface area contributed by atoms with Gasteiger partial charge in [-0.05, 0) is 74.9 Å². The summed E-state index contributed by atoms with van der Waals surface area (Å²) >= 11 is 1.26. The largest absolute Gasteiger partial charge is 0.507 e. The maximum atomic E-state index is 13.8. The summed E-state index contributed by atoms with van der Waals surface area (Å²) < 4.78 is 29.3. The van der Waals surface area contributed by atoms with Gasteiger partial charge in [0.2, 0.25) is 0 Å². The molecule has 4 aromatic rings. The molecule has 1 amide bonds. The number of carbonyl (C=O) groups is 2. The average Bonchev–Trinajstić information content (AvgIpc) is 3.55. The first-order chi connectivity index (χ1) is 20.9. The normalized spacial score (nSPS) is 17.4. The number of thiazole rings is 1. The van der Waals surface area contributed by atoms with Gasteiger partial charge in [-0.3, -0.25) is 14.5 Å². The van der Waals surface area contributed by atoms with Gasteiger partial charge in [-0.2, -0.15) is 0 Å². The third kappa shape index (κ3) is 5.20. The standard InChI is InChI=1S/C32H30N2O8S/c1-4-38-20-9-10-21-26(17-20)43-32(33-21)34-28(18-7-11-22(39-5-2)24(15-18)40-6-3)27(30(36)31(34)37)29(35)19-8-12-23-25(16-19)42-14-13-41-23/h7-12,15-17,28,35H,4-6,13-14H2,1-3H3/t28-/m1/s1. The lowest BCUT2D eigenvalue weighted by atomic mass is 9.95. The molecule has 1 saturated heterocycles. The molecule has 1 fully saturated rings. The first-order valence-electron chi connectivity index (χ1n) is 14.1. The van der Waals surface area contributed by atoms with Crippen molar-refractivity contribution < 1.29 is 38.4 Å². The van der Waals surface area contributed by atoms with Crippen molar-refractivity contribution in [1.82, 2.24) is 4.98 Å². The van der Waals surface area contributed by atoms with Crippen LogP contribution in [0.3, 0.4) is 0 Å². The summed E-state index contributed by atoms with van der Waals surface area (Å²) in [5.74, 6) is 0.659. The third-order valence-electron chi connectivity index (χ3n) is 7.01. The fraction of sp³-hybridized carbons (Fsp3) is 0.281. The number of aromatic nitrogens is 1. The summed E-state index contributed by atoms with van der Waals surface area (Å²) in [7, 11) is 0. The highest BCUT2D eigenvalue weighted by Gasteiger charge is 2.48. The Morgan fingerprint density at radius 2 is 1.65 bits per heavy atom. The summed E-state index contributed by atoms with van der Waals surface area (Å²) in [5.41, 5.74) is 1.42. The van der Waals surface area contributed by atoms with E-state index in [0.717, 1.165) is 4.70 Å². The Morgan fingerprint density at radius 3 is 2.42 bits per heavy atom. The third-order valence-corrected chi connectivity index (χ3v) is 8.03. The lowest BCUT2D eigenvalue weighted by molar-refractivity contribution is -0.132. The van der Waals surface area contributed by atoms with Gasteiger partial charge in [-0.1, -0.05) is 17.4 Å². The van der Waals surface area contributed by atoms with Gasteiger partial charge in [-0.25, -0.2) is 4.98 Å².